The van der Waals surface area contributed by atoms with Crippen LogP contribution < -0.4 is 0 Å². The highest BCUT2D eigenvalue weighted by molar-refractivity contribution is 5.76. The molecule has 2 aliphatic carbocycles. The van der Waals surface area contributed by atoms with Gasteiger partial charge in [0.25, 0.3) is 0 Å². The molecule has 0 aromatic rings. The van der Waals surface area contributed by atoms with Gasteiger partial charge in [-0.3, -0.25) is 4.79 Å². The van der Waals surface area contributed by atoms with E-state index in [1.54, 1.807) is 6.08 Å². The van der Waals surface area contributed by atoms with Crippen LogP contribution in [-0.4, -0.2) is 82.3 Å². The number of aldehydes is 1. The number of hydrogen-bond acceptors (Lipinski definition) is 8. The number of carbonyl (C=O) groups excluding carboxylic acids is 1. The minimum atomic E-state index is -1.42. The zero-order chi connectivity index (χ0) is 24.4. The molecule has 3 rings (SSSR count). The predicted octanol–water partition coefficient (Wildman–Crippen LogP) is 1.23. The maximum Gasteiger partial charge on any atom is 0.186 e. The van der Waals surface area contributed by atoms with E-state index in [1.807, 2.05) is 13.8 Å². The van der Waals surface area contributed by atoms with Crippen LogP contribution in [-0.2, 0) is 14.3 Å². The van der Waals surface area contributed by atoms with Crippen molar-refractivity contribution in [1.29, 1.82) is 0 Å². The molecule has 0 bridgehead atoms. The fourth-order valence-corrected chi connectivity index (χ4v) is 6.48. The smallest absolute Gasteiger partial charge is 0.186 e. The van der Waals surface area contributed by atoms with Crippen LogP contribution in [0.4, 0.5) is 0 Å². The van der Waals surface area contributed by atoms with Gasteiger partial charge >= 0.3 is 0 Å². The van der Waals surface area contributed by atoms with Gasteiger partial charge in [-0.05, 0) is 49.0 Å². The molecule has 1 aliphatic heterocycles. The van der Waals surface area contributed by atoms with Gasteiger partial charge in [0.15, 0.2) is 6.29 Å². The molecule has 0 unspecified atom stereocenters. The Morgan fingerprint density at radius 1 is 1.18 bits per heavy atom. The molecule has 1 heterocycles. The third-order valence-corrected chi connectivity index (χ3v) is 8.23. The molecule has 2 fully saturated rings. The zero-order valence-electron chi connectivity index (χ0n) is 19.9. The Hall–Kier alpha value is -1.13. The third-order valence-electron chi connectivity index (χ3n) is 8.23. The summed E-state index contributed by atoms with van der Waals surface area (Å²) in [6.45, 7) is 5.94. The quantitative estimate of drug-likeness (QED) is 0.265. The van der Waals surface area contributed by atoms with Crippen molar-refractivity contribution in [1.82, 2.24) is 0 Å². The molecular weight excluding hydrogens is 428 g/mol. The SMILES string of the molecule is C/C(=C\CO)CCC1=C(C=O)C[C@H](O[C@@H]2OC[C@H](O)[C@H](O)[C@H]2O)[C@H]2[C@@](C)(CO)CCC[C@]12C. The van der Waals surface area contributed by atoms with Crippen LogP contribution >= 0.6 is 0 Å². The third kappa shape index (κ3) is 5.12. The topological polar surface area (TPSA) is 137 Å². The number of fused-ring (bicyclic) bond motifs is 1. The lowest BCUT2D eigenvalue weighted by molar-refractivity contribution is -0.297. The normalized spacial score (nSPS) is 42.2. The first-order chi connectivity index (χ1) is 15.6. The Bertz CT molecular complexity index is 764. The van der Waals surface area contributed by atoms with Crippen molar-refractivity contribution in [3.8, 4) is 0 Å². The Morgan fingerprint density at radius 3 is 2.55 bits per heavy atom. The molecule has 1 saturated carbocycles. The van der Waals surface area contributed by atoms with Gasteiger partial charge in [-0.1, -0.05) is 37.5 Å². The molecule has 8 nitrogen and oxygen atoms in total. The van der Waals surface area contributed by atoms with Crippen LogP contribution in [0.15, 0.2) is 22.8 Å². The van der Waals surface area contributed by atoms with Gasteiger partial charge in [-0.25, -0.2) is 0 Å². The monoisotopic (exact) mass is 468 g/mol. The molecule has 0 radical (unpaired) electrons. The van der Waals surface area contributed by atoms with Crippen LogP contribution in [0.2, 0.25) is 0 Å². The number of allylic oxidation sites excluding steroid dienone is 2. The van der Waals surface area contributed by atoms with E-state index in [9.17, 15) is 30.3 Å². The van der Waals surface area contributed by atoms with E-state index in [0.717, 1.165) is 43.1 Å². The molecule has 33 heavy (non-hydrogen) atoms. The molecule has 0 spiro atoms. The Labute approximate surface area is 195 Å². The average molecular weight is 469 g/mol. The van der Waals surface area contributed by atoms with E-state index in [2.05, 4.69) is 6.92 Å². The molecule has 0 amide bonds. The van der Waals surface area contributed by atoms with Gasteiger partial charge in [0.2, 0.25) is 0 Å². The van der Waals surface area contributed by atoms with E-state index < -0.39 is 41.5 Å². The van der Waals surface area contributed by atoms with Gasteiger partial charge in [0.1, 0.15) is 24.6 Å². The number of aliphatic hydroxyl groups excluding tert-OH is 5. The summed E-state index contributed by atoms with van der Waals surface area (Å²) >= 11 is 0. The maximum atomic E-state index is 12.2. The zero-order valence-corrected chi connectivity index (χ0v) is 19.9. The van der Waals surface area contributed by atoms with Crippen molar-refractivity contribution in [2.75, 3.05) is 19.8 Å². The standard InChI is InChI=1S/C25H40O8/c1-15(7-10-26)5-6-17-16(12-27)11-19(33-23-21(31)20(30)18(29)13-32-23)22-24(2,14-28)8-4-9-25(17,22)3/h7,12,18-23,26,28-31H,4-6,8-11,13-14H2,1-3H3/b15-7+/t18-,19-,20-,21+,22-,23-,24+,25+/m0/s1. The van der Waals surface area contributed by atoms with Crippen LogP contribution in [0.3, 0.4) is 0 Å². The van der Waals surface area contributed by atoms with Crippen LogP contribution in [0.1, 0.15) is 59.3 Å². The molecule has 1 saturated heterocycles. The molecule has 8 atom stereocenters. The highest BCUT2D eigenvalue weighted by Gasteiger charge is 2.57. The van der Waals surface area contributed by atoms with E-state index in [1.165, 1.54) is 0 Å². The van der Waals surface area contributed by atoms with Gasteiger partial charge in [0, 0.05) is 18.9 Å². The average Bonchev–Trinajstić information content (AvgIpc) is 2.78. The second kappa shape index (κ2) is 10.6. The van der Waals surface area contributed by atoms with Crippen molar-refractivity contribution >= 4 is 6.29 Å². The first-order valence-corrected chi connectivity index (χ1v) is 12.0. The molecule has 8 heteroatoms. The second-order valence-corrected chi connectivity index (χ2v) is 10.5. The van der Waals surface area contributed by atoms with E-state index in [-0.39, 0.29) is 25.7 Å². The first-order valence-electron chi connectivity index (χ1n) is 12.0. The fraction of sp³-hybridized carbons (Fsp3) is 0.800. The Morgan fingerprint density at radius 2 is 1.91 bits per heavy atom. The summed E-state index contributed by atoms with van der Waals surface area (Å²) in [6, 6.07) is 0. The van der Waals surface area contributed by atoms with Crippen molar-refractivity contribution in [3.63, 3.8) is 0 Å². The first kappa shape index (κ1) is 26.5. The molecule has 0 aromatic carbocycles. The lowest BCUT2D eigenvalue weighted by Gasteiger charge is -2.58. The number of rotatable bonds is 8. The fourth-order valence-electron chi connectivity index (χ4n) is 6.48. The molecule has 188 valence electrons. The van der Waals surface area contributed by atoms with Crippen molar-refractivity contribution in [2.45, 2.75) is 90.0 Å². The molecule has 0 aromatic heterocycles. The molecular formula is C25H40O8. The van der Waals surface area contributed by atoms with Gasteiger partial charge in [-0.2, -0.15) is 0 Å². The highest BCUT2D eigenvalue weighted by atomic mass is 16.7. The summed E-state index contributed by atoms with van der Waals surface area (Å²) in [6.07, 6.45) is 1.33. The largest absolute Gasteiger partial charge is 0.396 e. The lowest BCUT2D eigenvalue weighted by Crippen LogP contribution is -2.59. The van der Waals surface area contributed by atoms with Crippen molar-refractivity contribution < 1.29 is 39.8 Å². The summed E-state index contributed by atoms with van der Waals surface area (Å²) in [7, 11) is 0. The summed E-state index contributed by atoms with van der Waals surface area (Å²) in [5.74, 6) is -0.135. The number of carbonyl (C=O) groups is 1. The molecule has 5 N–H and O–H groups in total. The van der Waals surface area contributed by atoms with Gasteiger partial charge < -0.3 is 35.0 Å². The van der Waals surface area contributed by atoms with Crippen LogP contribution in [0.25, 0.3) is 0 Å². The minimum absolute atomic E-state index is 0.0198. The van der Waals surface area contributed by atoms with Gasteiger partial charge in [-0.15, -0.1) is 0 Å². The Balaban J connectivity index is 1.97. The Kier molecular flexibility index (Phi) is 8.54. The highest BCUT2D eigenvalue weighted by Crippen LogP contribution is 2.61. The summed E-state index contributed by atoms with van der Waals surface area (Å²) in [5, 5.41) is 49.9. The number of ether oxygens (including phenoxy) is 2. The predicted molar refractivity (Wildman–Crippen MR) is 121 cm³/mol. The number of aliphatic hydroxyl groups is 5. The molecule has 3 aliphatic rings. The van der Waals surface area contributed by atoms with Crippen LogP contribution in [0.5, 0.6) is 0 Å². The van der Waals surface area contributed by atoms with Crippen molar-refractivity contribution in [3.05, 3.63) is 22.8 Å². The summed E-state index contributed by atoms with van der Waals surface area (Å²) in [5.41, 5.74) is 1.95. The summed E-state index contributed by atoms with van der Waals surface area (Å²) in [4.78, 5) is 12.2. The van der Waals surface area contributed by atoms with Crippen molar-refractivity contribution in [2.24, 2.45) is 16.7 Å². The second-order valence-electron chi connectivity index (χ2n) is 10.5. The maximum absolute atomic E-state index is 12.2. The van der Waals surface area contributed by atoms with Crippen LogP contribution in [0, 0.1) is 16.7 Å². The minimum Gasteiger partial charge on any atom is -0.396 e. The number of hydrogen-bond donors (Lipinski definition) is 5. The van der Waals surface area contributed by atoms with Gasteiger partial charge in [0.05, 0.1) is 19.3 Å². The summed E-state index contributed by atoms with van der Waals surface area (Å²) < 4.78 is 11.8. The lowest BCUT2D eigenvalue weighted by atomic mass is 9.48. The van der Waals surface area contributed by atoms with E-state index >= 15 is 0 Å². The van der Waals surface area contributed by atoms with E-state index in [0.29, 0.717) is 18.4 Å². The van der Waals surface area contributed by atoms with E-state index in [4.69, 9.17) is 9.47 Å².